The molecule has 1 aromatic rings. The van der Waals surface area contributed by atoms with Gasteiger partial charge in [0.1, 0.15) is 5.75 Å². The molecule has 4 nitrogen and oxygen atoms in total. The van der Waals surface area contributed by atoms with E-state index < -0.39 is 0 Å². The maximum atomic E-state index is 11.9. The maximum Gasteiger partial charge on any atom is 0.223 e. The number of amides is 1. The molecule has 0 atom stereocenters. The molecule has 0 unspecified atom stereocenters. The van der Waals surface area contributed by atoms with Crippen molar-refractivity contribution in [1.29, 1.82) is 0 Å². The summed E-state index contributed by atoms with van der Waals surface area (Å²) in [6.45, 7) is 0.0711. The maximum absolute atomic E-state index is 11.9. The van der Waals surface area contributed by atoms with Crippen LogP contribution in [0.25, 0.3) is 0 Å². The quantitative estimate of drug-likeness (QED) is 0.827. The Hall–Kier alpha value is -1.84. The van der Waals surface area contributed by atoms with Crippen LogP contribution in [0.2, 0.25) is 0 Å². The average molecular weight is 261 g/mol. The van der Waals surface area contributed by atoms with Crippen molar-refractivity contribution < 1.29 is 14.3 Å². The summed E-state index contributed by atoms with van der Waals surface area (Å²) in [7, 11) is 1.58. The Morgan fingerprint density at radius 2 is 1.84 bits per heavy atom. The van der Waals surface area contributed by atoms with E-state index in [4.69, 9.17) is 4.74 Å². The van der Waals surface area contributed by atoms with E-state index in [1.807, 2.05) is 0 Å². The Morgan fingerprint density at radius 1 is 1.21 bits per heavy atom. The highest BCUT2D eigenvalue weighted by atomic mass is 16.5. The Labute approximate surface area is 113 Å². The average Bonchev–Trinajstić information content (AvgIpc) is 2.98. The Bertz CT molecular complexity index is 447. The Kier molecular flexibility index (Phi) is 4.55. The number of ketones is 1. The first kappa shape index (κ1) is 13.6. The van der Waals surface area contributed by atoms with Gasteiger partial charge >= 0.3 is 0 Å². The number of carbonyl (C=O) groups is 2. The first-order chi connectivity index (χ1) is 9.20. The summed E-state index contributed by atoms with van der Waals surface area (Å²) < 4.78 is 5.03. The largest absolute Gasteiger partial charge is 0.497 e. The van der Waals surface area contributed by atoms with Crippen molar-refractivity contribution in [1.82, 2.24) is 5.32 Å². The standard InChI is InChI=1S/C15H19NO3/c1-19-13-8-6-11(7-9-13)14(17)10-16-15(18)12-4-2-3-5-12/h6-9,12H,2-5,10H2,1H3,(H,16,18). The lowest BCUT2D eigenvalue weighted by Gasteiger charge is -2.09. The van der Waals surface area contributed by atoms with Gasteiger partial charge < -0.3 is 10.1 Å². The second-order valence-electron chi connectivity index (χ2n) is 4.85. The van der Waals surface area contributed by atoms with Crippen LogP contribution in [0, 0.1) is 5.92 Å². The molecule has 102 valence electrons. The van der Waals surface area contributed by atoms with Gasteiger partial charge in [-0.2, -0.15) is 0 Å². The zero-order valence-corrected chi connectivity index (χ0v) is 11.1. The monoisotopic (exact) mass is 261 g/mol. The minimum absolute atomic E-state index is 0.0133. The first-order valence-electron chi connectivity index (χ1n) is 6.65. The molecule has 4 heteroatoms. The minimum atomic E-state index is -0.0750. The predicted molar refractivity (Wildman–Crippen MR) is 72.3 cm³/mol. The molecule has 1 aliphatic carbocycles. The van der Waals surface area contributed by atoms with Crippen molar-refractivity contribution in [2.24, 2.45) is 5.92 Å². The molecule has 0 saturated heterocycles. The van der Waals surface area contributed by atoms with Crippen molar-refractivity contribution in [3.63, 3.8) is 0 Å². The second kappa shape index (κ2) is 6.36. The lowest BCUT2D eigenvalue weighted by molar-refractivity contribution is -0.124. The van der Waals surface area contributed by atoms with Gasteiger partial charge in [0.2, 0.25) is 5.91 Å². The fourth-order valence-corrected chi connectivity index (χ4v) is 2.38. The van der Waals surface area contributed by atoms with E-state index in [0.717, 1.165) is 25.7 Å². The van der Waals surface area contributed by atoms with Gasteiger partial charge in [-0.3, -0.25) is 9.59 Å². The molecular formula is C15H19NO3. The third-order valence-electron chi connectivity index (χ3n) is 3.56. The molecule has 1 saturated carbocycles. The normalized spacial score (nSPS) is 15.2. The summed E-state index contributed by atoms with van der Waals surface area (Å²) in [5, 5.41) is 2.73. The number of ether oxygens (including phenoxy) is 1. The number of nitrogens with one attached hydrogen (secondary N) is 1. The number of methoxy groups -OCH3 is 1. The molecule has 1 fully saturated rings. The van der Waals surface area contributed by atoms with Crippen LogP contribution >= 0.6 is 0 Å². The van der Waals surface area contributed by atoms with Crippen LogP contribution in [0.1, 0.15) is 36.0 Å². The molecule has 1 aromatic carbocycles. The lowest BCUT2D eigenvalue weighted by Crippen LogP contribution is -2.33. The van der Waals surface area contributed by atoms with Crippen LogP contribution in [0.3, 0.4) is 0 Å². The SMILES string of the molecule is COc1ccc(C(=O)CNC(=O)C2CCCC2)cc1. The fraction of sp³-hybridized carbons (Fsp3) is 0.467. The van der Waals surface area contributed by atoms with Crippen molar-refractivity contribution >= 4 is 11.7 Å². The van der Waals surface area contributed by atoms with E-state index in [1.165, 1.54) is 0 Å². The molecule has 0 bridgehead atoms. The van der Waals surface area contributed by atoms with Crippen LogP contribution in [0.4, 0.5) is 0 Å². The summed E-state index contributed by atoms with van der Waals surface area (Å²) in [6, 6.07) is 6.91. The second-order valence-corrected chi connectivity index (χ2v) is 4.85. The summed E-state index contributed by atoms with van der Waals surface area (Å²) in [4.78, 5) is 23.7. The molecule has 19 heavy (non-hydrogen) atoms. The highest BCUT2D eigenvalue weighted by molar-refractivity contribution is 5.99. The van der Waals surface area contributed by atoms with E-state index in [-0.39, 0.29) is 24.2 Å². The van der Waals surface area contributed by atoms with Gasteiger partial charge in [-0.25, -0.2) is 0 Å². The Morgan fingerprint density at radius 3 is 2.42 bits per heavy atom. The topological polar surface area (TPSA) is 55.4 Å². The zero-order valence-electron chi connectivity index (χ0n) is 11.1. The van der Waals surface area contributed by atoms with Crippen LogP contribution < -0.4 is 10.1 Å². The van der Waals surface area contributed by atoms with Gasteiger partial charge in [0.25, 0.3) is 0 Å². The summed E-state index contributed by atoms with van der Waals surface area (Å²) in [6.07, 6.45) is 4.13. The van der Waals surface area contributed by atoms with E-state index in [9.17, 15) is 9.59 Å². The molecule has 0 aliphatic heterocycles. The molecule has 2 rings (SSSR count). The number of hydrogen-bond donors (Lipinski definition) is 1. The molecule has 0 spiro atoms. The Balaban J connectivity index is 1.84. The molecule has 1 aliphatic rings. The van der Waals surface area contributed by atoms with Crippen LogP contribution in [-0.4, -0.2) is 25.3 Å². The van der Waals surface area contributed by atoms with E-state index in [1.54, 1.807) is 31.4 Å². The number of benzene rings is 1. The number of carbonyl (C=O) groups excluding carboxylic acids is 2. The van der Waals surface area contributed by atoms with Crippen LogP contribution in [0.15, 0.2) is 24.3 Å². The first-order valence-corrected chi connectivity index (χ1v) is 6.65. The summed E-state index contributed by atoms with van der Waals surface area (Å²) in [5.74, 6) is 0.753. The van der Waals surface area contributed by atoms with Crippen molar-refractivity contribution in [3.05, 3.63) is 29.8 Å². The van der Waals surface area contributed by atoms with Crippen LogP contribution in [0.5, 0.6) is 5.75 Å². The highest BCUT2D eigenvalue weighted by Crippen LogP contribution is 2.24. The van der Waals surface area contributed by atoms with E-state index in [2.05, 4.69) is 5.32 Å². The third-order valence-corrected chi connectivity index (χ3v) is 3.56. The lowest BCUT2D eigenvalue weighted by atomic mass is 10.1. The minimum Gasteiger partial charge on any atom is -0.497 e. The van der Waals surface area contributed by atoms with Gasteiger partial charge in [0.15, 0.2) is 5.78 Å². The molecule has 0 aromatic heterocycles. The molecule has 0 heterocycles. The smallest absolute Gasteiger partial charge is 0.223 e. The van der Waals surface area contributed by atoms with Gasteiger partial charge in [-0.15, -0.1) is 0 Å². The van der Waals surface area contributed by atoms with Gasteiger partial charge in [-0.05, 0) is 37.1 Å². The number of rotatable bonds is 5. The molecule has 0 radical (unpaired) electrons. The van der Waals surface area contributed by atoms with Crippen molar-refractivity contribution in [2.75, 3.05) is 13.7 Å². The zero-order chi connectivity index (χ0) is 13.7. The van der Waals surface area contributed by atoms with E-state index in [0.29, 0.717) is 11.3 Å². The third kappa shape index (κ3) is 3.56. The number of hydrogen-bond acceptors (Lipinski definition) is 3. The van der Waals surface area contributed by atoms with Crippen molar-refractivity contribution in [3.8, 4) is 5.75 Å². The summed E-state index contributed by atoms with van der Waals surface area (Å²) >= 11 is 0. The molecule has 1 N–H and O–H groups in total. The van der Waals surface area contributed by atoms with Gasteiger partial charge in [0.05, 0.1) is 13.7 Å². The summed E-state index contributed by atoms with van der Waals surface area (Å²) in [5.41, 5.74) is 0.590. The number of Topliss-reactive ketones (excluding diaryl/α,β-unsaturated/α-hetero) is 1. The molecule has 1 amide bonds. The van der Waals surface area contributed by atoms with E-state index >= 15 is 0 Å². The fourth-order valence-electron chi connectivity index (χ4n) is 2.38. The highest BCUT2D eigenvalue weighted by Gasteiger charge is 2.22. The predicted octanol–water partition coefficient (Wildman–Crippen LogP) is 2.18. The molecular weight excluding hydrogens is 242 g/mol. The van der Waals surface area contributed by atoms with Gasteiger partial charge in [0, 0.05) is 11.5 Å². The van der Waals surface area contributed by atoms with Gasteiger partial charge in [-0.1, -0.05) is 12.8 Å². The van der Waals surface area contributed by atoms with Crippen LogP contribution in [-0.2, 0) is 4.79 Å². The van der Waals surface area contributed by atoms with Crippen molar-refractivity contribution in [2.45, 2.75) is 25.7 Å².